The predicted molar refractivity (Wildman–Crippen MR) is 74.9 cm³/mol. The predicted octanol–water partition coefficient (Wildman–Crippen LogP) is 2.65. The van der Waals surface area contributed by atoms with Crippen molar-refractivity contribution in [1.82, 2.24) is 0 Å². The molecule has 0 aliphatic rings. The molecule has 2 aromatic carbocycles. The Labute approximate surface area is 107 Å². The number of fused-ring (bicyclic) bond motifs is 1. The van der Waals surface area contributed by atoms with Crippen molar-refractivity contribution in [2.24, 2.45) is 0 Å². The second kappa shape index (κ2) is 6.38. The maximum Gasteiger partial charge on any atom is 0.0945 e. The molecular weight excluding hydrogens is 226 g/mol. The van der Waals surface area contributed by atoms with Crippen LogP contribution in [0.4, 0.5) is 5.69 Å². The lowest BCUT2D eigenvalue weighted by Gasteiger charge is -2.13. The Hall–Kier alpha value is -1.58. The van der Waals surface area contributed by atoms with E-state index in [1.54, 1.807) is 0 Å². The van der Waals surface area contributed by atoms with Gasteiger partial charge in [0.05, 0.1) is 12.7 Å². The maximum atomic E-state index is 9.67. The molecule has 1 atom stereocenters. The fourth-order valence-corrected chi connectivity index (χ4v) is 1.85. The van der Waals surface area contributed by atoms with Gasteiger partial charge in [0.25, 0.3) is 0 Å². The molecule has 0 aliphatic heterocycles. The quantitative estimate of drug-likeness (QED) is 0.822. The molecule has 2 aromatic rings. The molecule has 0 bridgehead atoms. The van der Waals surface area contributed by atoms with E-state index in [1.807, 2.05) is 25.1 Å². The number of aliphatic hydroxyl groups excluding tert-OH is 1. The Kier molecular flexibility index (Phi) is 4.56. The van der Waals surface area contributed by atoms with E-state index in [0.717, 1.165) is 5.69 Å². The van der Waals surface area contributed by atoms with Crippen LogP contribution in [0.3, 0.4) is 0 Å². The van der Waals surface area contributed by atoms with Gasteiger partial charge in [-0.25, -0.2) is 0 Å². The van der Waals surface area contributed by atoms with Crippen LogP contribution in [0, 0.1) is 0 Å². The van der Waals surface area contributed by atoms with Crippen molar-refractivity contribution in [2.45, 2.75) is 13.0 Å². The van der Waals surface area contributed by atoms with Crippen molar-refractivity contribution >= 4 is 16.5 Å². The molecule has 0 aromatic heterocycles. The lowest BCUT2D eigenvalue weighted by molar-refractivity contribution is 0.0496. The SMILES string of the molecule is CCOCC(O)CNc1ccc2ccccc2c1. The first-order valence-corrected chi connectivity index (χ1v) is 6.28. The highest BCUT2D eigenvalue weighted by atomic mass is 16.5. The summed E-state index contributed by atoms with van der Waals surface area (Å²) in [4.78, 5) is 0. The van der Waals surface area contributed by atoms with Crippen molar-refractivity contribution in [3.63, 3.8) is 0 Å². The van der Waals surface area contributed by atoms with Gasteiger partial charge in [-0.3, -0.25) is 0 Å². The topological polar surface area (TPSA) is 41.5 Å². The van der Waals surface area contributed by atoms with Crippen LogP contribution in [0.5, 0.6) is 0 Å². The summed E-state index contributed by atoms with van der Waals surface area (Å²) in [6.07, 6.45) is -0.476. The van der Waals surface area contributed by atoms with Gasteiger partial charge in [-0.2, -0.15) is 0 Å². The first kappa shape index (κ1) is 12.9. The molecule has 0 aliphatic carbocycles. The minimum absolute atomic E-state index is 0.372. The van der Waals surface area contributed by atoms with E-state index in [1.165, 1.54) is 10.8 Å². The minimum atomic E-state index is -0.476. The van der Waals surface area contributed by atoms with E-state index in [2.05, 4.69) is 29.6 Å². The van der Waals surface area contributed by atoms with Crippen molar-refractivity contribution in [3.8, 4) is 0 Å². The van der Waals surface area contributed by atoms with Crippen LogP contribution < -0.4 is 5.32 Å². The van der Waals surface area contributed by atoms with Gasteiger partial charge in [0.2, 0.25) is 0 Å². The molecule has 0 saturated heterocycles. The first-order chi connectivity index (χ1) is 8.79. The van der Waals surface area contributed by atoms with Crippen LogP contribution in [0.25, 0.3) is 10.8 Å². The first-order valence-electron chi connectivity index (χ1n) is 6.28. The van der Waals surface area contributed by atoms with E-state index >= 15 is 0 Å². The van der Waals surface area contributed by atoms with Crippen LogP contribution >= 0.6 is 0 Å². The molecular formula is C15H19NO2. The lowest BCUT2D eigenvalue weighted by atomic mass is 10.1. The highest BCUT2D eigenvalue weighted by molar-refractivity contribution is 5.85. The third-order valence-electron chi connectivity index (χ3n) is 2.81. The number of benzene rings is 2. The molecule has 0 radical (unpaired) electrons. The minimum Gasteiger partial charge on any atom is -0.389 e. The largest absolute Gasteiger partial charge is 0.389 e. The van der Waals surface area contributed by atoms with Crippen LogP contribution in [-0.4, -0.2) is 31.0 Å². The van der Waals surface area contributed by atoms with E-state index in [-0.39, 0.29) is 0 Å². The average molecular weight is 245 g/mol. The summed E-state index contributed by atoms with van der Waals surface area (Å²) in [5, 5.41) is 15.3. The van der Waals surface area contributed by atoms with Crippen molar-refractivity contribution < 1.29 is 9.84 Å². The molecule has 3 nitrogen and oxygen atoms in total. The number of ether oxygens (including phenoxy) is 1. The summed E-state index contributed by atoms with van der Waals surface area (Å²) in [6.45, 7) is 3.42. The lowest BCUT2D eigenvalue weighted by Crippen LogP contribution is -2.24. The number of anilines is 1. The van der Waals surface area contributed by atoms with Gasteiger partial charge in [0.1, 0.15) is 0 Å². The molecule has 0 amide bonds. The van der Waals surface area contributed by atoms with E-state index in [4.69, 9.17) is 4.74 Å². The average Bonchev–Trinajstić information content (AvgIpc) is 2.42. The summed E-state index contributed by atoms with van der Waals surface area (Å²) >= 11 is 0. The third kappa shape index (κ3) is 3.45. The standard InChI is InChI=1S/C15H19NO2/c1-2-18-11-15(17)10-16-14-8-7-12-5-3-4-6-13(12)9-14/h3-9,15-17H,2,10-11H2,1H3. The van der Waals surface area contributed by atoms with Gasteiger partial charge in [0, 0.05) is 18.8 Å². The highest BCUT2D eigenvalue weighted by Gasteiger charge is 2.03. The molecule has 0 saturated carbocycles. The highest BCUT2D eigenvalue weighted by Crippen LogP contribution is 2.18. The Morgan fingerprint density at radius 2 is 1.94 bits per heavy atom. The number of nitrogens with one attached hydrogen (secondary N) is 1. The van der Waals surface area contributed by atoms with Crippen molar-refractivity contribution in [3.05, 3.63) is 42.5 Å². The van der Waals surface area contributed by atoms with Gasteiger partial charge in [-0.1, -0.05) is 30.3 Å². The summed E-state index contributed by atoms with van der Waals surface area (Å²) < 4.78 is 5.16. The van der Waals surface area contributed by atoms with Gasteiger partial charge >= 0.3 is 0 Å². The zero-order valence-electron chi connectivity index (χ0n) is 10.6. The smallest absolute Gasteiger partial charge is 0.0945 e. The van der Waals surface area contributed by atoms with Crippen LogP contribution in [0.1, 0.15) is 6.92 Å². The molecule has 0 heterocycles. The Bertz CT molecular complexity index is 499. The molecule has 18 heavy (non-hydrogen) atoms. The second-order valence-corrected chi connectivity index (χ2v) is 4.26. The van der Waals surface area contributed by atoms with Gasteiger partial charge in [0.15, 0.2) is 0 Å². The number of aliphatic hydroxyl groups is 1. The third-order valence-corrected chi connectivity index (χ3v) is 2.81. The van der Waals surface area contributed by atoms with E-state index in [9.17, 15) is 5.11 Å². The van der Waals surface area contributed by atoms with Gasteiger partial charge < -0.3 is 15.2 Å². The summed E-state index contributed by atoms with van der Waals surface area (Å²) in [5.74, 6) is 0. The second-order valence-electron chi connectivity index (χ2n) is 4.26. The Morgan fingerprint density at radius 1 is 1.17 bits per heavy atom. The molecule has 1 unspecified atom stereocenters. The van der Waals surface area contributed by atoms with Gasteiger partial charge in [-0.15, -0.1) is 0 Å². The summed E-state index contributed by atoms with van der Waals surface area (Å²) in [5.41, 5.74) is 1.02. The molecule has 2 rings (SSSR count). The number of hydrogen-bond donors (Lipinski definition) is 2. The van der Waals surface area contributed by atoms with Crippen molar-refractivity contribution in [1.29, 1.82) is 0 Å². The molecule has 3 heteroatoms. The van der Waals surface area contributed by atoms with Gasteiger partial charge in [-0.05, 0) is 29.8 Å². The molecule has 96 valence electrons. The van der Waals surface area contributed by atoms with Crippen molar-refractivity contribution in [2.75, 3.05) is 25.1 Å². The van der Waals surface area contributed by atoms with Crippen LogP contribution in [-0.2, 0) is 4.74 Å². The Balaban J connectivity index is 1.95. The number of hydrogen-bond acceptors (Lipinski definition) is 3. The number of rotatable bonds is 6. The molecule has 0 fully saturated rings. The normalized spacial score (nSPS) is 12.6. The maximum absolute atomic E-state index is 9.67. The van der Waals surface area contributed by atoms with E-state index < -0.39 is 6.10 Å². The monoisotopic (exact) mass is 245 g/mol. The summed E-state index contributed by atoms with van der Waals surface area (Å²) in [7, 11) is 0. The zero-order chi connectivity index (χ0) is 12.8. The summed E-state index contributed by atoms with van der Waals surface area (Å²) in [6, 6.07) is 14.4. The van der Waals surface area contributed by atoms with E-state index in [0.29, 0.717) is 19.8 Å². The Morgan fingerprint density at radius 3 is 2.72 bits per heavy atom. The molecule has 2 N–H and O–H groups in total. The van der Waals surface area contributed by atoms with Crippen LogP contribution in [0.15, 0.2) is 42.5 Å². The molecule has 0 spiro atoms. The zero-order valence-corrected chi connectivity index (χ0v) is 10.6. The van der Waals surface area contributed by atoms with Crippen LogP contribution in [0.2, 0.25) is 0 Å². The fourth-order valence-electron chi connectivity index (χ4n) is 1.85. The fraction of sp³-hybridized carbons (Fsp3) is 0.333.